The predicted octanol–water partition coefficient (Wildman–Crippen LogP) is 3.71. The SMILES string of the molecule is COc1ccc(Cl)cc1C(=O)OCC(=O)Nc1cc(Cl)ccc1[N+](=O)[O-]. The normalized spacial score (nSPS) is 10.1. The Hall–Kier alpha value is -2.84. The summed E-state index contributed by atoms with van der Waals surface area (Å²) in [6.45, 7) is -0.668. The Bertz CT molecular complexity index is 872. The number of nitrogens with zero attached hydrogens (tertiary/aromatic N) is 1. The summed E-state index contributed by atoms with van der Waals surface area (Å²) < 4.78 is 9.93. The highest BCUT2D eigenvalue weighted by Gasteiger charge is 2.19. The van der Waals surface area contributed by atoms with Crippen LogP contribution in [0.3, 0.4) is 0 Å². The summed E-state index contributed by atoms with van der Waals surface area (Å²) in [5.74, 6) is -1.38. The Morgan fingerprint density at radius 2 is 1.81 bits per heavy atom. The standard InChI is InChI=1S/C16H12Cl2N2O6/c1-25-14-5-3-9(17)6-11(14)16(22)26-8-15(21)19-12-7-10(18)2-4-13(12)20(23)24/h2-7H,8H2,1H3,(H,19,21). The number of carbonyl (C=O) groups excluding carboxylic acids is 2. The molecule has 10 heteroatoms. The van der Waals surface area contributed by atoms with Gasteiger partial charge in [0.2, 0.25) is 0 Å². The molecule has 8 nitrogen and oxygen atoms in total. The van der Waals surface area contributed by atoms with Crippen molar-refractivity contribution in [1.29, 1.82) is 0 Å². The highest BCUT2D eigenvalue weighted by molar-refractivity contribution is 6.31. The molecule has 0 fully saturated rings. The zero-order valence-electron chi connectivity index (χ0n) is 13.3. The Morgan fingerprint density at radius 1 is 1.15 bits per heavy atom. The smallest absolute Gasteiger partial charge is 0.342 e. The average Bonchev–Trinajstić information content (AvgIpc) is 2.59. The molecule has 0 heterocycles. The third-order valence-corrected chi connectivity index (χ3v) is 3.62. The first kappa shape index (κ1) is 19.5. The van der Waals surface area contributed by atoms with Gasteiger partial charge in [0.15, 0.2) is 6.61 Å². The van der Waals surface area contributed by atoms with Gasteiger partial charge in [0.25, 0.3) is 11.6 Å². The predicted molar refractivity (Wildman–Crippen MR) is 95.0 cm³/mol. The molecule has 0 aliphatic heterocycles. The number of nitro groups is 1. The Balaban J connectivity index is 2.06. The van der Waals surface area contributed by atoms with Gasteiger partial charge in [-0.1, -0.05) is 23.2 Å². The number of esters is 1. The number of methoxy groups -OCH3 is 1. The Kier molecular flexibility index (Phi) is 6.37. The topological polar surface area (TPSA) is 108 Å². The lowest BCUT2D eigenvalue weighted by Crippen LogP contribution is -2.21. The fourth-order valence-electron chi connectivity index (χ4n) is 2.00. The molecular formula is C16H12Cl2N2O6. The summed E-state index contributed by atoms with van der Waals surface area (Å²) in [5, 5.41) is 13.7. The molecule has 2 rings (SSSR count). The molecule has 136 valence electrons. The fourth-order valence-corrected chi connectivity index (χ4v) is 2.35. The number of nitro benzene ring substituents is 1. The number of anilines is 1. The number of nitrogens with one attached hydrogen (secondary N) is 1. The van der Waals surface area contributed by atoms with Crippen LogP contribution in [-0.4, -0.2) is 30.5 Å². The van der Waals surface area contributed by atoms with Gasteiger partial charge in [-0.25, -0.2) is 4.79 Å². The largest absolute Gasteiger partial charge is 0.496 e. The quantitative estimate of drug-likeness (QED) is 0.451. The van der Waals surface area contributed by atoms with E-state index in [2.05, 4.69) is 5.32 Å². The van der Waals surface area contributed by atoms with Crippen LogP contribution in [0.2, 0.25) is 10.0 Å². The molecular weight excluding hydrogens is 387 g/mol. The number of rotatable bonds is 6. The minimum absolute atomic E-state index is 0.0431. The number of hydrogen-bond donors (Lipinski definition) is 1. The highest BCUT2D eigenvalue weighted by Crippen LogP contribution is 2.27. The first-order chi connectivity index (χ1) is 12.3. The van der Waals surface area contributed by atoms with Gasteiger partial charge in [-0.15, -0.1) is 0 Å². The lowest BCUT2D eigenvalue weighted by Gasteiger charge is -2.10. The molecule has 1 N–H and O–H groups in total. The second kappa shape index (κ2) is 8.50. The molecule has 0 aromatic heterocycles. The molecule has 0 aliphatic rings. The third-order valence-electron chi connectivity index (χ3n) is 3.15. The number of amides is 1. The van der Waals surface area contributed by atoms with Gasteiger partial charge < -0.3 is 14.8 Å². The zero-order valence-corrected chi connectivity index (χ0v) is 14.8. The van der Waals surface area contributed by atoms with Crippen molar-refractivity contribution in [3.8, 4) is 5.75 Å². The van der Waals surface area contributed by atoms with Crippen LogP contribution < -0.4 is 10.1 Å². The minimum atomic E-state index is -0.833. The summed E-state index contributed by atoms with van der Waals surface area (Å²) in [4.78, 5) is 34.3. The van der Waals surface area contributed by atoms with E-state index < -0.39 is 23.4 Å². The van der Waals surface area contributed by atoms with Crippen LogP contribution in [0.5, 0.6) is 5.75 Å². The van der Waals surface area contributed by atoms with Crippen LogP contribution in [0, 0.1) is 10.1 Å². The number of carbonyl (C=O) groups is 2. The lowest BCUT2D eigenvalue weighted by atomic mass is 10.2. The molecule has 26 heavy (non-hydrogen) atoms. The summed E-state index contributed by atoms with van der Waals surface area (Å²) in [5.41, 5.74) is -0.406. The minimum Gasteiger partial charge on any atom is -0.496 e. The molecule has 0 atom stereocenters. The summed E-state index contributed by atoms with van der Waals surface area (Å²) >= 11 is 11.6. The van der Waals surface area contributed by atoms with E-state index in [9.17, 15) is 19.7 Å². The third kappa shape index (κ3) is 4.84. The van der Waals surface area contributed by atoms with E-state index in [0.29, 0.717) is 0 Å². The van der Waals surface area contributed by atoms with E-state index in [1.165, 1.54) is 37.4 Å². The molecule has 0 aliphatic carbocycles. The van der Waals surface area contributed by atoms with Crippen LogP contribution in [0.15, 0.2) is 36.4 Å². The van der Waals surface area contributed by atoms with Crippen molar-refractivity contribution in [3.63, 3.8) is 0 Å². The van der Waals surface area contributed by atoms with Crippen LogP contribution in [0.25, 0.3) is 0 Å². The molecule has 2 aromatic rings. The van der Waals surface area contributed by atoms with Gasteiger partial charge in [0.05, 0.1) is 12.0 Å². The maximum Gasteiger partial charge on any atom is 0.342 e. The molecule has 2 aromatic carbocycles. The fraction of sp³-hybridized carbons (Fsp3) is 0.125. The number of ether oxygens (including phenoxy) is 2. The van der Waals surface area contributed by atoms with Crippen molar-refractivity contribution in [2.75, 3.05) is 19.0 Å². The first-order valence-electron chi connectivity index (χ1n) is 7.06. The zero-order chi connectivity index (χ0) is 19.3. The van der Waals surface area contributed by atoms with Crippen molar-refractivity contribution < 1.29 is 24.0 Å². The van der Waals surface area contributed by atoms with Gasteiger partial charge >= 0.3 is 5.97 Å². The van der Waals surface area contributed by atoms with Crippen molar-refractivity contribution in [1.82, 2.24) is 0 Å². The maximum absolute atomic E-state index is 12.1. The van der Waals surface area contributed by atoms with E-state index in [1.54, 1.807) is 0 Å². The molecule has 0 spiro atoms. The van der Waals surface area contributed by atoms with Gasteiger partial charge in [0.1, 0.15) is 17.0 Å². The van der Waals surface area contributed by atoms with Crippen LogP contribution >= 0.6 is 23.2 Å². The maximum atomic E-state index is 12.1. The Morgan fingerprint density at radius 3 is 2.46 bits per heavy atom. The molecule has 0 saturated carbocycles. The van der Waals surface area contributed by atoms with Gasteiger partial charge in [0, 0.05) is 16.1 Å². The second-order valence-corrected chi connectivity index (χ2v) is 5.76. The van der Waals surface area contributed by atoms with E-state index in [-0.39, 0.29) is 32.7 Å². The van der Waals surface area contributed by atoms with Crippen LogP contribution in [0.4, 0.5) is 11.4 Å². The van der Waals surface area contributed by atoms with Crippen molar-refractivity contribution in [3.05, 3.63) is 62.1 Å². The van der Waals surface area contributed by atoms with Gasteiger partial charge in [-0.05, 0) is 30.3 Å². The van der Waals surface area contributed by atoms with Crippen LogP contribution in [0.1, 0.15) is 10.4 Å². The highest BCUT2D eigenvalue weighted by atomic mass is 35.5. The monoisotopic (exact) mass is 398 g/mol. The molecule has 0 unspecified atom stereocenters. The van der Waals surface area contributed by atoms with E-state index in [1.807, 2.05) is 0 Å². The summed E-state index contributed by atoms with van der Waals surface area (Å²) in [6, 6.07) is 8.04. The van der Waals surface area contributed by atoms with Crippen molar-refractivity contribution >= 4 is 46.5 Å². The van der Waals surface area contributed by atoms with Gasteiger partial charge in [-0.2, -0.15) is 0 Å². The molecule has 0 bridgehead atoms. The van der Waals surface area contributed by atoms with E-state index in [4.69, 9.17) is 32.7 Å². The van der Waals surface area contributed by atoms with E-state index in [0.717, 1.165) is 6.07 Å². The first-order valence-corrected chi connectivity index (χ1v) is 7.82. The number of halogens is 2. The second-order valence-electron chi connectivity index (χ2n) is 4.89. The van der Waals surface area contributed by atoms with Crippen LogP contribution in [-0.2, 0) is 9.53 Å². The van der Waals surface area contributed by atoms with E-state index >= 15 is 0 Å². The van der Waals surface area contributed by atoms with Crippen molar-refractivity contribution in [2.24, 2.45) is 0 Å². The average molecular weight is 399 g/mol. The summed E-state index contributed by atoms with van der Waals surface area (Å²) in [7, 11) is 1.37. The number of hydrogen-bond acceptors (Lipinski definition) is 6. The Labute approximate surface area is 157 Å². The lowest BCUT2D eigenvalue weighted by molar-refractivity contribution is -0.383. The molecule has 1 amide bonds. The number of benzene rings is 2. The molecule has 0 saturated heterocycles. The molecule has 0 radical (unpaired) electrons. The van der Waals surface area contributed by atoms with Gasteiger partial charge in [-0.3, -0.25) is 14.9 Å². The summed E-state index contributed by atoms with van der Waals surface area (Å²) in [6.07, 6.45) is 0. The van der Waals surface area contributed by atoms with Crippen molar-refractivity contribution in [2.45, 2.75) is 0 Å².